The highest BCUT2D eigenvalue weighted by Crippen LogP contribution is 2.56. The van der Waals surface area contributed by atoms with Gasteiger partial charge in [-0.05, 0) is 56.9 Å². The van der Waals surface area contributed by atoms with Crippen LogP contribution in [0, 0.1) is 17.8 Å². The Balaban J connectivity index is 1.49. The minimum Gasteiger partial charge on any atom is -0.446 e. The highest BCUT2D eigenvalue weighted by atomic mass is 16.3. The second kappa shape index (κ2) is 5.07. The summed E-state index contributed by atoms with van der Waals surface area (Å²) in [5, 5.41) is 3.18. The first-order valence-corrected chi connectivity index (χ1v) is 9.19. The first-order chi connectivity index (χ1) is 11.3. The molecule has 3 aliphatic carbocycles. The molecule has 1 amide bonds. The molecule has 2 heterocycles. The minimum atomic E-state index is -0.366. The Bertz CT molecular complexity index is 628. The van der Waals surface area contributed by atoms with E-state index in [2.05, 4.69) is 15.2 Å². The smallest absolute Gasteiger partial charge is 0.247 e. The standard InChI is InChI=1S/C18H25N3O2/c1-19-16-17-15(20-9-23-17)12-3-2-4-14(12)21(18(16)22)8-11-6-5-10-7-13(10)11/h9-14,16,19H,2-8H2,1H3. The van der Waals surface area contributed by atoms with Crippen LogP contribution in [0.1, 0.15) is 61.9 Å². The molecular formula is C18H25N3O2. The van der Waals surface area contributed by atoms with Gasteiger partial charge in [0.1, 0.15) is 6.04 Å². The van der Waals surface area contributed by atoms with Gasteiger partial charge in [-0.1, -0.05) is 6.42 Å². The van der Waals surface area contributed by atoms with Gasteiger partial charge in [-0.25, -0.2) is 4.98 Å². The SMILES string of the molecule is CNC1C(=O)N(CC2CCC3CC32)C2CCCC2c2ncoc21. The predicted octanol–water partition coefficient (Wildman–Crippen LogP) is 2.46. The van der Waals surface area contributed by atoms with Gasteiger partial charge in [0.05, 0.1) is 5.69 Å². The van der Waals surface area contributed by atoms with Crippen molar-refractivity contribution >= 4 is 5.91 Å². The van der Waals surface area contributed by atoms with Crippen LogP contribution in [0.3, 0.4) is 0 Å². The van der Waals surface area contributed by atoms with Gasteiger partial charge in [-0.15, -0.1) is 0 Å². The zero-order valence-corrected chi connectivity index (χ0v) is 13.7. The molecule has 3 fully saturated rings. The fourth-order valence-electron chi connectivity index (χ4n) is 5.61. The van der Waals surface area contributed by atoms with Crippen molar-refractivity contribution in [3.05, 3.63) is 17.8 Å². The van der Waals surface area contributed by atoms with E-state index in [9.17, 15) is 4.79 Å². The summed E-state index contributed by atoms with van der Waals surface area (Å²) in [4.78, 5) is 20.0. The van der Waals surface area contributed by atoms with Crippen LogP contribution in [0.5, 0.6) is 0 Å². The summed E-state index contributed by atoms with van der Waals surface area (Å²) in [7, 11) is 1.85. The molecule has 6 atom stereocenters. The molecule has 1 aromatic heterocycles. The lowest BCUT2D eigenvalue weighted by Crippen LogP contribution is -2.46. The zero-order chi connectivity index (χ0) is 15.6. The summed E-state index contributed by atoms with van der Waals surface area (Å²) >= 11 is 0. The number of amides is 1. The molecule has 1 aromatic rings. The lowest BCUT2D eigenvalue weighted by molar-refractivity contribution is -0.136. The number of oxazole rings is 1. The van der Waals surface area contributed by atoms with Crippen molar-refractivity contribution in [1.82, 2.24) is 15.2 Å². The zero-order valence-electron chi connectivity index (χ0n) is 13.7. The van der Waals surface area contributed by atoms with E-state index < -0.39 is 0 Å². The molecule has 1 aliphatic heterocycles. The summed E-state index contributed by atoms with van der Waals surface area (Å²) < 4.78 is 5.64. The Morgan fingerprint density at radius 1 is 1.35 bits per heavy atom. The van der Waals surface area contributed by atoms with Gasteiger partial charge in [0.2, 0.25) is 5.91 Å². The quantitative estimate of drug-likeness (QED) is 0.931. The predicted molar refractivity (Wildman–Crippen MR) is 84.7 cm³/mol. The third-order valence-corrected chi connectivity index (χ3v) is 6.86. The molecule has 0 saturated heterocycles. The third-order valence-electron chi connectivity index (χ3n) is 6.86. The Kier molecular flexibility index (Phi) is 3.09. The number of carbonyl (C=O) groups is 1. The van der Waals surface area contributed by atoms with Crippen molar-refractivity contribution in [1.29, 1.82) is 0 Å². The lowest BCUT2D eigenvalue weighted by atomic mass is 9.96. The molecule has 5 nitrogen and oxygen atoms in total. The van der Waals surface area contributed by atoms with E-state index in [1.165, 1.54) is 32.1 Å². The number of rotatable bonds is 3. The van der Waals surface area contributed by atoms with E-state index in [1.54, 1.807) is 0 Å². The Hall–Kier alpha value is -1.36. The Morgan fingerprint density at radius 2 is 2.26 bits per heavy atom. The average Bonchev–Trinajstić information content (AvgIpc) is 2.95. The van der Waals surface area contributed by atoms with Crippen LogP contribution in [-0.4, -0.2) is 35.4 Å². The van der Waals surface area contributed by atoms with E-state index in [-0.39, 0.29) is 11.9 Å². The summed E-state index contributed by atoms with van der Waals surface area (Å²) in [5.74, 6) is 3.91. The van der Waals surface area contributed by atoms with Crippen LogP contribution >= 0.6 is 0 Å². The van der Waals surface area contributed by atoms with E-state index in [0.717, 1.165) is 48.6 Å². The van der Waals surface area contributed by atoms with E-state index in [4.69, 9.17) is 4.42 Å². The van der Waals surface area contributed by atoms with Gasteiger partial charge in [0.25, 0.3) is 0 Å². The summed E-state index contributed by atoms with van der Waals surface area (Å²) in [6.45, 7) is 0.948. The van der Waals surface area contributed by atoms with Crippen molar-refractivity contribution in [3.8, 4) is 0 Å². The van der Waals surface area contributed by atoms with E-state index in [1.807, 2.05) is 7.05 Å². The first-order valence-electron chi connectivity index (χ1n) is 9.19. The van der Waals surface area contributed by atoms with Crippen molar-refractivity contribution in [3.63, 3.8) is 0 Å². The second-order valence-corrected chi connectivity index (χ2v) is 7.92. The van der Waals surface area contributed by atoms with Crippen LogP contribution in [0.4, 0.5) is 0 Å². The molecule has 3 saturated carbocycles. The minimum absolute atomic E-state index is 0.198. The number of hydrogen-bond donors (Lipinski definition) is 1. The van der Waals surface area contributed by atoms with Crippen LogP contribution in [0.15, 0.2) is 10.8 Å². The largest absolute Gasteiger partial charge is 0.446 e. The average molecular weight is 315 g/mol. The Morgan fingerprint density at radius 3 is 3.00 bits per heavy atom. The highest BCUT2D eigenvalue weighted by Gasteiger charge is 2.51. The number of carbonyl (C=O) groups excluding carboxylic acids is 1. The normalized spacial score (nSPS) is 41.4. The molecule has 0 bridgehead atoms. The number of likely N-dealkylation sites (N-methyl/N-ethyl adjacent to an activating group) is 1. The molecule has 5 heteroatoms. The van der Waals surface area contributed by atoms with Gasteiger partial charge in [0, 0.05) is 18.5 Å². The van der Waals surface area contributed by atoms with Crippen LogP contribution in [0.2, 0.25) is 0 Å². The summed E-state index contributed by atoms with van der Waals surface area (Å²) in [6.07, 6.45) is 9.02. The third kappa shape index (κ3) is 2.02. The topological polar surface area (TPSA) is 58.4 Å². The van der Waals surface area contributed by atoms with E-state index >= 15 is 0 Å². The molecule has 23 heavy (non-hydrogen) atoms. The molecule has 0 spiro atoms. The van der Waals surface area contributed by atoms with Crippen molar-refractivity contribution < 1.29 is 9.21 Å². The monoisotopic (exact) mass is 315 g/mol. The van der Waals surface area contributed by atoms with Gasteiger partial charge < -0.3 is 14.6 Å². The fourth-order valence-corrected chi connectivity index (χ4v) is 5.61. The van der Waals surface area contributed by atoms with Crippen LogP contribution < -0.4 is 5.32 Å². The summed E-state index contributed by atoms with van der Waals surface area (Å²) in [5.41, 5.74) is 1.03. The van der Waals surface area contributed by atoms with Gasteiger partial charge in [0.15, 0.2) is 12.2 Å². The first kappa shape index (κ1) is 14.0. The number of fused-ring (bicyclic) bond motifs is 4. The maximum absolute atomic E-state index is 13.3. The second-order valence-electron chi connectivity index (χ2n) is 7.92. The highest BCUT2D eigenvalue weighted by molar-refractivity contribution is 5.84. The lowest BCUT2D eigenvalue weighted by Gasteiger charge is -2.34. The number of nitrogens with one attached hydrogen (secondary N) is 1. The molecular weight excluding hydrogens is 290 g/mol. The molecule has 5 rings (SSSR count). The van der Waals surface area contributed by atoms with E-state index in [0.29, 0.717) is 12.0 Å². The van der Waals surface area contributed by atoms with Crippen LogP contribution in [0.25, 0.3) is 0 Å². The maximum atomic E-state index is 13.3. The van der Waals surface area contributed by atoms with Crippen molar-refractivity contribution in [2.45, 2.75) is 56.5 Å². The van der Waals surface area contributed by atoms with Crippen molar-refractivity contribution in [2.24, 2.45) is 17.8 Å². The molecule has 4 aliphatic rings. The van der Waals surface area contributed by atoms with Crippen molar-refractivity contribution in [2.75, 3.05) is 13.6 Å². The van der Waals surface area contributed by atoms with Gasteiger partial charge in [-0.2, -0.15) is 0 Å². The molecule has 0 aromatic carbocycles. The maximum Gasteiger partial charge on any atom is 0.247 e. The number of aromatic nitrogens is 1. The summed E-state index contributed by atoms with van der Waals surface area (Å²) in [6, 6.07) is -0.0444. The molecule has 1 N–H and O–H groups in total. The molecule has 6 unspecified atom stereocenters. The molecule has 0 radical (unpaired) electrons. The fraction of sp³-hybridized carbons (Fsp3) is 0.778. The van der Waals surface area contributed by atoms with Gasteiger partial charge in [-0.3, -0.25) is 4.79 Å². The number of nitrogens with zero attached hydrogens (tertiary/aromatic N) is 2. The van der Waals surface area contributed by atoms with Crippen LogP contribution in [-0.2, 0) is 4.79 Å². The Labute approximate surface area is 136 Å². The van der Waals surface area contributed by atoms with Gasteiger partial charge >= 0.3 is 0 Å². The molecule has 124 valence electrons. The number of hydrogen-bond acceptors (Lipinski definition) is 4.